The van der Waals surface area contributed by atoms with Crippen LogP contribution in [0.3, 0.4) is 0 Å². The molecule has 62 heavy (non-hydrogen) atoms. The summed E-state index contributed by atoms with van der Waals surface area (Å²) in [5.74, 6) is -1.47. The van der Waals surface area contributed by atoms with Crippen molar-refractivity contribution in [2.45, 2.75) is 251 Å². The van der Waals surface area contributed by atoms with Crippen LogP contribution in [-0.2, 0) is 42.2 Å². The summed E-state index contributed by atoms with van der Waals surface area (Å²) in [5, 5.41) is 9.74. The average molecular weight is 901 g/mol. The van der Waals surface area contributed by atoms with Crippen LogP contribution in [0.25, 0.3) is 0 Å². The Hall–Kier alpha value is -2.04. The lowest BCUT2D eigenvalue weighted by atomic mass is 10.1. The number of allylic oxidation sites excluding steroid dienone is 4. The van der Waals surface area contributed by atoms with Gasteiger partial charge in [-0.2, -0.15) is 0 Å². The molecule has 0 rings (SSSR count). The molecule has 0 aromatic carbocycles. The summed E-state index contributed by atoms with van der Waals surface area (Å²) in [5.41, 5.74) is 0. The maximum Gasteiger partial charge on any atom is 0.472 e. The normalized spacial score (nSPS) is 13.7. The summed E-state index contributed by atoms with van der Waals surface area (Å²) in [6, 6.07) is 0. The lowest BCUT2D eigenvalue weighted by molar-refractivity contribution is -0.161. The highest BCUT2D eigenvalue weighted by Crippen LogP contribution is 2.43. The molecule has 3 unspecified atom stereocenters. The van der Waals surface area contributed by atoms with E-state index in [0.717, 1.165) is 96.3 Å². The molecular formula is C50H93O11P. The molecule has 0 radical (unpaired) electrons. The Balaban J connectivity index is 4.73. The monoisotopic (exact) mass is 901 g/mol. The zero-order chi connectivity index (χ0) is 45.6. The number of aliphatic hydroxyl groups excluding tert-OH is 1. The van der Waals surface area contributed by atoms with Gasteiger partial charge in [0.1, 0.15) is 12.7 Å². The molecule has 0 aliphatic heterocycles. The molecule has 0 aliphatic rings. The van der Waals surface area contributed by atoms with Gasteiger partial charge in [0.05, 0.1) is 19.8 Å². The lowest BCUT2D eigenvalue weighted by Crippen LogP contribution is -2.30. The van der Waals surface area contributed by atoms with Crippen LogP contribution in [0.15, 0.2) is 24.3 Å². The van der Waals surface area contributed by atoms with E-state index >= 15 is 0 Å². The van der Waals surface area contributed by atoms with Crippen molar-refractivity contribution in [1.82, 2.24) is 0 Å². The Morgan fingerprint density at radius 2 is 0.758 bits per heavy atom. The van der Waals surface area contributed by atoms with Crippen LogP contribution in [0.2, 0.25) is 0 Å². The van der Waals surface area contributed by atoms with E-state index in [0.29, 0.717) is 19.3 Å². The minimum Gasteiger partial charge on any atom is -0.462 e. The molecule has 0 aromatic rings. The molecule has 0 aliphatic carbocycles. The number of carbonyl (C=O) groups excluding carboxylic acids is 3. The number of aliphatic hydroxyl groups is 1. The second kappa shape index (κ2) is 45.5. The minimum atomic E-state index is -4.73. The maximum absolute atomic E-state index is 12.8. The number of rotatable bonds is 47. The van der Waals surface area contributed by atoms with E-state index in [4.69, 9.17) is 23.3 Å². The molecule has 0 saturated heterocycles. The first kappa shape index (κ1) is 60.0. The summed E-state index contributed by atoms with van der Waals surface area (Å²) in [6.45, 7) is 4.56. The fraction of sp³-hybridized carbons (Fsp3) is 0.860. The van der Waals surface area contributed by atoms with Gasteiger partial charge in [0.25, 0.3) is 0 Å². The molecule has 0 fully saturated rings. The Bertz CT molecular complexity index is 1140. The molecule has 0 spiro atoms. The van der Waals surface area contributed by atoms with Crippen molar-refractivity contribution in [2.24, 2.45) is 0 Å². The molecule has 12 heteroatoms. The van der Waals surface area contributed by atoms with E-state index in [1.165, 1.54) is 83.5 Å². The van der Waals surface area contributed by atoms with E-state index in [-0.39, 0.29) is 25.9 Å². The topological polar surface area (TPSA) is 155 Å². The van der Waals surface area contributed by atoms with Crippen molar-refractivity contribution < 1.29 is 52.2 Å². The van der Waals surface area contributed by atoms with Crippen LogP contribution in [0.4, 0.5) is 0 Å². The molecule has 2 N–H and O–H groups in total. The van der Waals surface area contributed by atoms with Gasteiger partial charge < -0.3 is 24.2 Å². The summed E-state index contributed by atoms with van der Waals surface area (Å²) >= 11 is 0. The third kappa shape index (κ3) is 43.2. The Morgan fingerprint density at radius 3 is 1.18 bits per heavy atom. The predicted octanol–water partition coefficient (Wildman–Crippen LogP) is 13.9. The van der Waals surface area contributed by atoms with Crippen LogP contribution in [0, 0.1) is 0 Å². The quantitative estimate of drug-likeness (QED) is 0.0197. The third-order valence-electron chi connectivity index (χ3n) is 10.8. The van der Waals surface area contributed by atoms with Gasteiger partial charge in [-0.25, -0.2) is 4.57 Å². The van der Waals surface area contributed by atoms with Crippen LogP contribution < -0.4 is 0 Å². The SMILES string of the molecule is CCCC/C=C\CCCCCCCC(=O)OC(COC(=O)CCCCCCC/C=C\CCCCCC)COP(=O)(O)OCC(CO)OC(=O)CCCCCCCCCCCCC. The zero-order valence-corrected chi connectivity index (χ0v) is 40.7. The van der Waals surface area contributed by atoms with E-state index < -0.39 is 57.8 Å². The second-order valence-corrected chi connectivity index (χ2v) is 18.4. The summed E-state index contributed by atoms with van der Waals surface area (Å²) in [6.07, 6.45) is 41.5. The summed E-state index contributed by atoms with van der Waals surface area (Å²) in [7, 11) is -4.73. The zero-order valence-electron chi connectivity index (χ0n) is 39.9. The average Bonchev–Trinajstić information content (AvgIpc) is 3.25. The first-order chi connectivity index (χ1) is 30.2. The van der Waals surface area contributed by atoms with Crippen molar-refractivity contribution in [2.75, 3.05) is 26.4 Å². The number of phosphoric ester groups is 1. The maximum atomic E-state index is 12.8. The molecule has 0 bridgehead atoms. The highest BCUT2D eigenvalue weighted by atomic mass is 31.2. The third-order valence-corrected chi connectivity index (χ3v) is 11.8. The van der Waals surface area contributed by atoms with Gasteiger partial charge in [-0.3, -0.25) is 23.4 Å². The summed E-state index contributed by atoms with van der Waals surface area (Å²) < 4.78 is 39.2. The molecule has 0 aromatic heterocycles. The van der Waals surface area contributed by atoms with Gasteiger partial charge in [-0.15, -0.1) is 0 Å². The van der Waals surface area contributed by atoms with Crippen LogP contribution in [-0.4, -0.2) is 66.5 Å². The van der Waals surface area contributed by atoms with Crippen molar-refractivity contribution in [3.05, 3.63) is 24.3 Å². The van der Waals surface area contributed by atoms with E-state index in [1.807, 2.05) is 0 Å². The Kier molecular flexibility index (Phi) is 44.0. The number of hydrogen-bond donors (Lipinski definition) is 2. The second-order valence-electron chi connectivity index (χ2n) is 17.0. The Labute approximate surface area is 378 Å². The highest BCUT2D eigenvalue weighted by Gasteiger charge is 2.28. The van der Waals surface area contributed by atoms with Gasteiger partial charge in [0, 0.05) is 19.3 Å². The smallest absolute Gasteiger partial charge is 0.462 e. The largest absolute Gasteiger partial charge is 0.472 e. The standard InChI is InChI=1S/C50H93O11P/c1-4-7-10-13-16-19-22-23-26-27-30-33-36-39-48(52)57-43-47(61-50(54)41-38-35-32-29-25-21-18-15-12-9-6-3)45-59-62(55,56)58-44-46(42-51)60-49(53)40-37-34-31-28-24-20-17-14-11-8-5-2/h15,18-19,22,46-47,51H,4-14,16-17,20-21,23-45H2,1-3H3,(H,55,56)/b18-15-,22-19-. The van der Waals surface area contributed by atoms with E-state index in [2.05, 4.69) is 45.1 Å². The first-order valence-corrected chi connectivity index (χ1v) is 26.7. The van der Waals surface area contributed by atoms with Crippen molar-refractivity contribution >= 4 is 25.7 Å². The predicted molar refractivity (Wildman–Crippen MR) is 252 cm³/mol. The highest BCUT2D eigenvalue weighted by molar-refractivity contribution is 7.47. The number of carbonyl (C=O) groups is 3. The molecule has 0 heterocycles. The van der Waals surface area contributed by atoms with Crippen LogP contribution in [0.5, 0.6) is 0 Å². The van der Waals surface area contributed by atoms with Crippen molar-refractivity contribution in [3.8, 4) is 0 Å². The number of esters is 3. The first-order valence-electron chi connectivity index (χ1n) is 25.2. The van der Waals surface area contributed by atoms with Crippen molar-refractivity contribution in [1.29, 1.82) is 0 Å². The van der Waals surface area contributed by atoms with Gasteiger partial charge in [-0.1, -0.05) is 180 Å². The fourth-order valence-corrected chi connectivity index (χ4v) is 7.70. The number of phosphoric acid groups is 1. The summed E-state index contributed by atoms with van der Waals surface area (Å²) in [4.78, 5) is 48.1. The fourth-order valence-electron chi connectivity index (χ4n) is 6.92. The van der Waals surface area contributed by atoms with Crippen LogP contribution >= 0.6 is 7.82 Å². The number of hydrogen-bond acceptors (Lipinski definition) is 10. The van der Waals surface area contributed by atoms with Crippen molar-refractivity contribution in [3.63, 3.8) is 0 Å². The Morgan fingerprint density at radius 1 is 0.435 bits per heavy atom. The number of ether oxygens (including phenoxy) is 3. The molecule has 364 valence electrons. The molecule has 11 nitrogen and oxygen atoms in total. The lowest BCUT2D eigenvalue weighted by Gasteiger charge is -2.21. The van der Waals surface area contributed by atoms with Crippen LogP contribution in [0.1, 0.15) is 239 Å². The van der Waals surface area contributed by atoms with Gasteiger partial charge >= 0.3 is 25.7 Å². The van der Waals surface area contributed by atoms with Gasteiger partial charge in [0.2, 0.25) is 0 Å². The minimum absolute atomic E-state index is 0.159. The van der Waals surface area contributed by atoms with Gasteiger partial charge in [-0.05, 0) is 64.2 Å². The molecular weight excluding hydrogens is 808 g/mol. The molecule has 0 saturated carbocycles. The van der Waals surface area contributed by atoms with E-state index in [9.17, 15) is 28.9 Å². The molecule has 3 atom stereocenters. The van der Waals surface area contributed by atoms with E-state index in [1.54, 1.807) is 0 Å². The van der Waals surface area contributed by atoms with Gasteiger partial charge in [0.15, 0.2) is 6.10 Å². The number of unbranched alkanes of at least 4 members (excludes halogenated alkanes) is 26. The molecule has 0 amide bonds.